The van der Waals surface area contributed by atoms with Crippen molar-refractivity contribution in [1.82, 2.24) is 15.2 Å². The van der Waals surface area contributed by atoms with Gasteiger partial charge in [-0.1, -0.05) is 6.07 Å². The van der Waals surface area contributed by atoms with Crippen LogP contribution in [0.15, 0.2) is 28.3 Å². The third-order valence-corrected chi connectivity index (χ3v) is 3.07. The quantitative estimate of drug-likeness (QED) is 0.859. The Labute approximate surface area is 103 Å². The van der Waals surface area contributed by atoms with E-state index in [-0.39, 0.29) is 6.61 Å². The van der Waals surface area contributed by atoms with Crippen molar-refractivity contribution in [3.8, 4) is 6.07 Å². The maximum Gasteiger partial charge on any atom is 0.213 e. The molecule has 0 fully saturated rings. The molecule has 0 atom stereocenters. The Morgan fingerprint density at radius 2 is 2.35 bits per heavy atom. The minimum atomic E-state index is -0.0701. The van der Waals surface area contributed by atoms with Crippen LogP contribution >= 0.6 is 11.8 Å². The molecule has 86 valence electrons. The molecule has 1 aromatic carbocycles. The fourth-order valence-electron chi connectivity index (χ4n) is 1.32. The van der Waals surface area contributed by atoms with E-state index >= 15 is 0 Å². The molecule has 2 N–H and O–H groups in total. The zero-order chi connectivity index (χ0) is 12.3. The average Bonchev–Trinajstić information content (AvgIpc) is 2.75. The Balaban J connectivity index is 2.30. The van der Waals surface area contributed by atoms with Gasteiger partial charge in [-0.25, -0.2) is 4.98 Å². The number of nitrogens with one attached hydrogen (secondary N) is 1. The third-order valence-electron chi connectivity index (χ3n) is 2.12. The molecule has 0 aliphatic carbocycles. The lowest BCUT2D eigenvalue weighted by atomic mass is 10.1. The van der Waals surface area contributed by atoms with Gasteiger partial charge in [0.2, 0.25) is 5.16 Å². The molecule has 0 aliphatic heterocycles. The Bertz CT molecular complexity index is 573. The summed E-state index contributed by atoms with van der Waals surface area (Å²) >= 11 is 1.32. The molecule has 2 rings (SSSR count). The van der Waals surface area contributed by atoms with Crippen molar-refractivity contribution in [2.75, 3.05) is 0 Å². The molecule has 6 heteroatoms. The predicted octanol–water partition coefficient (Wildman–Crippen LogP) is 1.63. The van der Waals surface area contributed by atoms with Crippen molar-refractivity contribution in [1.29, 1.82) is 5.26 Å². The van der Waals surface area contributed by atoms with Crippen LogP contribution in [0.2, 0.25) is 0 Å². The second kappa shape index (κ2) is 4.99. The highest BCUT2D eigenvalue weighted by Gasteiger charge is 2.08. The number of aliphatic hydroxyl groups excluding tert-OH is 1. The van der Waals surface area contributed by atoms with E-state index < -0.39 is 0 Å². The highest BCUT2D eigenvalue weighted by atomic mass is 32.2. The number of benzene rings is 1. The van der Waals surface area contributed by atoms with E-state index in [1.54, 1.807) is 18.2 Å². The van der Waals surface area contributed by atoms with Crippen molar-refractivity contribution in [2.45, 2.75) is 23.6 Å². The van der Waals surface area contributed by atoms with E-state index in [0.29, 0.717) is 10.7 Å². The second-order valence-electron chi connectivity index (χ2n) is 3.41. The van der Waals surface area contributed by atoms with Gasteiger partial charge in [-0.05, 0) is 36.4 Å². The molecule has 0 spiro atoms. The minimum absolute atomic E-state index is 0.0701. The van der Waals surface area contributed by atoms with Crippen molar-refractivity contribution in [2.24, 2.45) is 0 Å². The van der Waals surface area contributed by atoms with E-state index in [4.69, 9.17) is 10.4 Å². The van der Waals surface area contributed by atoms with Crippen molar-refractivity contribution in [3.63, 3.8) is 0 Å². The van der Waals surface area contributed by atoms with Gasteiger partial charge < -0.3 is 5.11 Å². The van der Waals surface area contributed by atoms with Gasteiger partial charge in [-0.3, -0.25) is 5.10 Å². The van der Waals surface area contributed by atoms with Gasteiger partial charge in [0, 0.05) is 4.90 Å². The number of rotatable bonds is 3. The van der Waals surface area contributed by atoms with Gasteiger partial charge in [-0.15, -0.1) is 5.10 Å². The molecule has 0 saturated carbocycles. The van der Waals surface area contributed by atoms with Crippen LogP contribution in [0.4, 0.5) is 0 Å². The van der Waals surface area contributed by atoms with Crippen LogP contribution in [0, 0.1) is 18.3 Å². The summed E-state index contributed by atoms with van der Waals surface area (Å²) in [6.07, 6.45) is 0. The first kappa shape index (κ1) is 11.6. The van der Waals surface area contributed by atoms with Crippen LogP contribution < -0.4 is 0 Å². The zero-order valence-electron chi connectivity index (χ0n) is 9.14. The second-order valence-corrected chi connectivity index (χ2v) is 4.41. The summed E-state index contributed by atoms with van der Waals surface area (Å²) in [7, 11) is 0. The van der Waals surface area contributed by atoms with Crippen LogP contribution in [0.25, 0.3) is 0 Å². The first-order valence-corrected chi connectivity index (χ1v) is 5.75. The normalized spacial score (nSPS) is 10.2. The topological polar surface area (TPSA) is 85.6 Å². The first-order chi connectivity index (χ1) is 8.22. The molecule has 0 radical (unpaired) electrons. The lowest BCUT2D eigenvalue weighted by molar-refractivity contribution is 0.281. The molecule has 1 aromatic heterocycles. The monoisotopic (exact) mass is 246 g/mol. The summed E-state index contributed by atoms with van der Waals surface area (Å²) in [4.78, 5) is 4.94. The van der Waals surface area contributed by atoms with Gasteiger partial charge in [-0.2, -0.15) is 5.26 Å². The summed E-state index contributed by atoms with van der Waals surface area (Å²) in [5.74, 6) is 0.734. The maximum atomic E-state index is 9.03. The Hall–Kier alpha value is -1.84. The number of aromatic nitrogens is 3. The number of H-pyrrole nitrogens is 1. The molecule has 17 heavy (non-hydrogen) atoms. The SMILES string of the molecule is Cc1nc(Sc2ccc(CO)cc2C#N)n[nH]1. The fourth-order valence-corrected chi connectivity index (χ4v) is 2.14. The van der Waals surface area contributed by atoms with E-state index in [0.717, 1.165) is 16.3 Å². The van der Waals surface area contributed by atoms with E-state index in [2.05, 4.69) is 21.3 Å². The van der Waals surface area contributed by atoms with Crippen LogP contribution in [0.3, 0.4) is 0 Å². The summed E-state index contributed by atoms with van der Waals surface area (Å²) in [5.41, 5.74) is 1.24. The molecule has 0 saturated heterocycles. The van der Waals surface area contributed by atoms with Crippen LogP contribution in [0.5, 0.6) is 0 Å². The Morgan fingerprint density at radius 3 is 2.94 bits per heavy atom. The van der Waals surface area contributed by atoms with E-state index in [9.17, 15) is 0 Å². The average molecular weight is 246 g/mol. The largest absolute Gasteiger partial charge is 0.392 e. The molecule has 0 amide bonds. The molecule has 2 aromatic rings. The Kier molecular flexibility index (Phi) is 3.42. The van der Waals surface area contributed by atoms with Crippen molar-refractivity contribution >= 4 is 11.8 Å². The third kappa shape index (κ3) is 2.64. The highest BCUT2D eigenvalue weighted by molar-refractivity contribution is 7.99. The summed E-state index contributed by atoms with van der Waals surface area (Å²) in [6.45, 7) is 1.75. The summed E-state index contributed by atoms with van der Waals surface area (Å²) < 4.78 is 0. The number of hydrogen-bond donors (Lipinski definition) is 2. The smallest absolute Gasteiger partial charge is 0.213 e. The summed E-state index contributed by atoms with van der Waals surface area (Å²) in [5, 5.41) is 25.3. The van der Waals surface area contributed by atoms with Crippen molar-refractivity contribution in [3.05, 3.63) is 35.2 Å². The van der Waals surface area contributed by atoms with Crippen LogP contribution in [0.1, 0.15) is 17.0 Å². The maximum absolute atomic E-state index is 9.03. The molecule has 0 unspecified atom stereocenters. The lowest BCUT2D eigenvalue weighted by Gasteiger charge is -2.02. The summed E-state index contributed by atoms with van der Waals surface area (Å²) in [6, 6.07) is 7.34. The van der Waals surface area contributed by atoms with Gasteiger partial charge in [0.15, 0.2) is 0 Å². The number of aliphatic hydroxyl groups is 1. The number of nitrogens with zero attached hydrogens (tertiary/aromatic N) is 3. The van der Waals surface area contributed by atoms with Crippen LogP contribution in [-0.4, -0.2) is 20.3 Å². The predicted molar refractivity (Wildman–Crippen MR) is 62.3 cm³/mol. The van der Waals surface area contributed by atoms with Crippen LogP contribution in [-0.2, 0) is 6.61 Å². The van der Waals surface area contributed by atoms with Gasteiger partial charge in [0.1, 0.15) is 11.9 Å². The van der Waals surface area contributed by atoms with E-state index in [1.807, 2.05) is 6.92 Å². The highest BCUT2D eigenvalue weighted by Crippen LogP contribution is 2.28. The number of hydrogen-bond acceptors (Lipinski definition) is 5. The molecule has 1 heterocycles. The first-order valence-electron chi connectivity index (χ1n) is 4.93. The number of aromatic amines is 1. The van der Waals surface area contributed by atoms with Crippen molar-refractivity contribution < 1.29 is 5.11 Å². The standard InChI is InChI=1S/C11H10N4OS/c1-7-13-11(15-14-7)17-10-3-2-8(6-16)4-9(10)5-12/h2-4,16H,6H2,1H3,(H,13,14,15). The zero-order valence-corrected chi connectivity index (χ0v) is 9.95. The molecule has 0 bridgehead atoms. The molecular formula is C11H10N4OS. The van der Waals surface area contributed by atoms with E-state index in [1.165, 1.54) is 11.8 Å². The minimum Gasteiger partial charge on any atom is -0.392 e. The van der Waals surface area contributed by atoms with Gasteiger partial charge >= 0.3 is 0 Å². The number of aryl methyl sites for hydroxylation is 1. The lowest BCUT2D eigenvalue weighted by Crippen LogP contribution is -1.88. The fraction of sp³-hybridized carbons (Fsp3) is 0.182. The molecule has 5 nitrogen and oxygen atoms in total. The van der Waals surface area contributed by atoms with Gasteiger partial charge in [0.25, 0.3) is 0 Å². The Morgan fingerprint density at radius 1 is 1.53 bits per heavy atom. The molecular weight excluding hydrogens is 236 g/mol. The van der Waals surface area contributed by atoms with Gasteiger partial charge in [0.05, 0.1) is 12.2 Å². The molecule has 0 aliphatic rings. The number of nitriles is 1.